The number of rotatable bonds is 3. The maximum atomic E-state index is 13.3. The van der Waals surface area contributed by atoms with E-state index in [0.29, 0.717) is 6.54 Å². The van der Waals surface area contributed by atoms with Crippen molar-refractivity contribution in [1.82, 2.24) is 0 Å². The van der Waals surface area contributed by atoms with Crippen LogP contribution in [-0.4, -0.2) is 6.54 Å². The third kappa shape index (κ3) is 3.78. The molecule has 5 heteroatoms. The highest BCUT2D eigenvalue weighted by molar-refractivity contribution is 7.12. The first-order valence-corrected chi connectivity index (χ1v) is 6.36. The van der Waals surface area contributed by atoms with Gasteiger partial charge >= 0.3 is 0 Å². The molecule has 2 aromatic rings. The Bertz CT molecular complexity index is 628. The van der Waals surface area contributed by atoms with Crippen molar-refractivity contribution in [1.29, 1.82) is 0 Å². The van der Waals surface area contributed by atoms with Crippen LogP contribution in [-0.2, 0) is 6.61 Å². The molecule has 0 saturated carbocycles. The molecule has 19 heavy (non-hydrogen) atoms. The van der Waals surface area contributed by atoms with Gasteiger partial charge < -0.3 is 10.5 Å². The second-order valence-electron chi connectivity index (χ2n) is 3.64. The summed E-state index contributed by atoms with van der Waals surface area (Å²) in [6.45, 7) is 0.530. The lowest BCUT2D eigenvalue weighted by molar-refractivity contribution is 0.292. The molecule has 1 heterocycles. The molecule has 0 amide bonds. The molecule has 0 bridgehead atoms. The lowest BCUT2D eigenvalue weighted by Crippen LogP contribution is -1.95. The minimum Gasteiger partial charge on any atom is -0.485 e. The van der Waals surface area contributed by atoms with Gasteiger partial charge in [-0.25, -0.2) is 8.78 Å². The summed E-state index contributed by atoms with van der Waals surface area (Å²) in [5.41, 5.74) is 5.28. The quantitative estimate of drug-likeness (QED) is 0.877. The smallest absolute Gasteiger partial charge is 0.167 e. The lowest BCUT2D eigenvalue weighted by Gasteiger charge is -2.05. The van der Waals surface area contributed by atoms with Crippen LogP contribution in [0.2, 0.25) is 0 Å². The van der Waals surface area contributed by atoms with Gasteiger partial charge in [0.25, 0.3) is 0 Å². The number of halogens is 2. The summed E-state index contributed by atoms with van der Waals surface area (Å²) in [5.74, 6) is 4.36. The SMILES string of the molecule is NCC#Cc1ccc(COc2ccc(F)cc2F)s1. The van der Waals surface area contributed by atoms with Crippen molar-refractivity contribution in [2.24, 2.45) is 5.73 Å². The average molecular weight is 279 g/mol. The molecule has 2 N–H and O–H groups in total. The largest absolute Gasteiger partial charge is 0.485 e. The molecule has 0 saturated heterocycles. The highest BCUT2D eigenvalue weighted by atomic mass is 32.1. The fourth-order valence-electron chi connectivity index (χ4n) is 1.40. The van der Waals surface area contributed by atoms with Crippen LogP contribution in [0.25, 0.3) is 0 Å². The van der Waals surface area contributed by atoms with Crippen LogP contribution in [0.3, 0.4) is 0 Å². The van der Waals surface area contributed by atoms with E-state index in [2.05, 4.69) is 11.8 Å². The number of nitrogens with two attached hydrogens (primary N) is 1. The standard InChI is InChI=1S/C14H11F2NOS/c15-10-3-6-14(13(16)8-10)18-9-12-5-4-11(19-12)2-1-7-17/h3-6,8H,7,9,17H2. The third-order valence-corrected chi connectivity index (χ3v) is 3.21. The lowest BCUT2D eigenvalue weighted by atomic mass is 10.3. The van der Waals surface area contributed by atoms with E-state index in [1.165, 1.54) is 17.4 Å². The summed E-state index contributed by atoms with van der Waals surface area (Å²) in [6, 6.07) is 6.93. The van der Waals surface area contributed by atoms with Crippen LogP contribution < -0.4 is 10.5 Å². The zero-order chi connectivity index (χ0) is 13.7. The first-order valence-electron chi connectivity index (χ1n) is 5.54. The predicted octanol–water partition coefficient (Wildman–Crippen LogP) is 2.92. The van der Waals surface area contributed by atoms with Gasteiger partial charge in [0.05, 0.1) is 11.4 Å². The Hall–Kier alpha value is -1.90. The summed E-state index contributed by atoms with van der Waals surface area (Å²) >= 11 is 1.45. The first-order chi connectivity index (χ1) is 9.19. The number of hydrogen-bond acceptors (Lipinski definition) is 3. The fourth-order valence-corrected chi connectivity index (χ4v) is 2.20. The molecule has 0 aliphatic carbocycles. The second-order valence-corrected chi connectivity index (χ2v) is 4.80. The van der Waals surface area contributed by atoms with Crippen molar-refractivity contribution in [3.8, 4) is 17.6 Å². The molecule has 2 rings (SSSR count). The van der Waals surface area contributed by atoms with E-state index in [4.69, 9.17) is 10.5 Å². The summed E-state index contributed by atoms with van der Waals surface area (Å²) in [6.07, 6.45) is 0. The Morgan fingerprint density at radius 1 is 1.21 bits per heavy atom. The normalized spacial score (nSPS) is 9.84. The van der Waals surface area contributed by atoms with E-state index in [1.54, 1.807) is 0 Å². The van der Waals surface area contributed by atoms with Gasteiger partial charge in [0.1, 0.15) is 12.4 Å². The highest BCUT2D eigenvalue weighted by Crippen LogP contribution is 2.21. The van der Waals surface area contributed by atoms with Crippen molar-refractivity contribution < 1.29 is 13.5 Å². The Morgan fingerprint density at radius 2 is 2.05 bits per heavy atom. The van der Waals surface area contributed by atoms with Crippen molar-refractivity contribution in [2.75, 3.05) is 6.54 Å². The molecule has 0 unspecified atom stereocenters. The van der Waals surface area contributed by atoms with Crippen LogP contribution in [0.4, 0.5) is 8.78 Å². The molecule has 0 radical (unpaired) electrons. The number of ether oxygens (including phenoxy) is 1. The number of benzene rings is 1. The first kappa shape index (κ1) is 13.5. The average Bonchev–Trinajstić information content (AvgIpc) is 2.83. The zero-order valence-electron chi connectivity index (χ0n) is 9.95. The van der Waals surface area contributed by atoms with E-state index in [0.717, 1.165) is 21.9 Å². The Morgan fingerprint density at radius 3 is 2.79 bits per heavy atom. The van der Waals surface area contributed by atoms with Gasteiger partial charge in [0, 0.05) is 10.9 Å². The zero-order valence-corrected chi connectivity index (χ0v) is 10.8. The van der Waals surface area contributed by atoms with Gasteiger partial charge in [-0.3, -0.25) is 0 Å². The van der Waals surface area contributed by atoms with Crippen LogP contribution in [0.1, 0.15) is 9.75 Å². The van der Waals surface area contributed by atoms with E-state index in [-0.39, 0.29) is 12.4 Å². The van der Waals surface area contributed by atoms with Crippen LogP contribution in [0, 0.1) is 23.5 Å². The molecule has 0 aliphatic rings. The molecular weight excluding hydrogens is 268 g/mol. The molecular formula is C14H11F2NOS. The van der Waals surface area contributed by atoms with Gasteiger partial charge in [-0.2, -0.15) is 0 Å². The van der Waals surface area contributed by atoms with Gasteiger partial charge in [-0.15, -0.1) is 11.3 Å². The maximum absolute atomic E-state index is 13.3. The van der Waals surface area contributed by atoms with Gasteiger partial charge in [-0.1, -0.05) is 11.8 Å². The summed E-state index contributed by atoms with van der Waals surface area (Å²) in [5, 5.41) is 0. The summed E-state index contributed by atoms with van der Waals surface area (Å²) in [7, 11) is 0. The van der Waals surface area contributed by atoms with Gasteiger partial charge in [-0.05, 0) is 24.3 Å². The van der Waals surface area contributed by atoms with E-state index in [1.807, 2.05) is 12.1 Å². The Kier molecular flexibility index (Phi) is 4.50. The molecule has 0 spiro atoms. The van der Waals surface area contributed by atoms with E-state index < -0.39 is 11.6 Å². The molecule has 2 nitrogen and oxygen atoms in total. The van der Waals surface area contributed by atoms with E-state index in [9.17, 15) is 8.78 Å². The molecule has 0 atom stereocenters. The fraction of sp³-hybridized carbons (Fsp3) is 0.143. The van der Waals surface area contributed by atoms with Crippen molar-refractivity contribution in [2.45, 2.75) is 6.61 Å². The van der Waals surface area contributed by atoms with Crippen molar-refractivity contribution in [3.63, 3.8) is 0 Å². The molecule has 0 fully saturated rings. The van der Waals surface area contributed by atoms with E-state index >= 15 is 0 Å². The number of hydrogen-bond donors (Lipinski definition) is 1. The monoisotopic (exact) mass is 279 g/mol. The summed E-state index contributed by atoms with van der Waals surface area (Å²) < 4.78 is 31.3. The van der Waals surface area contributed by atoms with Gasteiger partial charge in [0.2, 0.25) is 0 Å². The Labute approximate surface area is 113 Å². The van der Waals surface area contributed by atoms with Crippen molar-refractivity contribution in [3.05, 3.63) is 51.7 Å². The minimum atomic E-state index is -0.709. The highest BCUT2D eigenvalue weighted by Gasteiger charge is 2.06. The summed E-state index contributed by atoms with van der Waals surface area (Å²) in [4.78, 5) is 1.79. The Balaban J connectivity index is 2.00. The number of thiophene rings is 1. The third-order valence-electron chi connectivity index (χ3n) is 2.24. The molecule has 1 aromatic heterocycles. The van der Waals surface area contributed by atoms with Crippen LogP contribution in [0.5, 0.6) is 5.75 Å². The van der Waals surface area contributed by atoms with Gasteiger partial charge in [0.15, 0.2) is 11.6 Å². The molecule has 98 valence electrons. The molecule has 1 aromatic carbocycles. The van der Waals surface area contributed by atoms with Crippen LogP contribution >= 0.6 is 11.3 Å². The minimum absolute atomic E-state index is 0.0318. The second kappa shape index (κ2) is 6.32. The maximum Gasteiger partial charge on any atom is 0.167 e. The van der Waals surface area contributed by atoms with Crippen LogP contribution in [0.15, 0.2) is 30.3 Å². The van der Waals surface area contributed by atoms with Crippen molar-refractivity contribution >= 4 is 11.3 Å². The molecule has 0 aliphatic heterocycles. The topological polar surface area (TPSA) is 35.2 Å². The predicted molar refractivity (Wildman–Crippen MR) is 70.9 cm³/mol.